The summed E-state index contributed by atoms with van der Waals surface area (Å²) in [5.74, 6) is 0.0665. The van der Waals surface area contributed by atoms with E-state index in [1.54, 1.807) is 4.90 Å². The second-order valence-electron chi connectivity index (χ2n) is 10.2. The number of hydrogen-bond acceptors (Lipinski definition) is 5. The molecule has 2 aromatic carbocycles. The first-order valence-corrected chi connectivity index (χ1v) is 12.8. The van der Waals surface area contributed by atoms with E-state index in [2.05, 4.69) is 36.9 Å². The van der Waals surface area contributed by atoms with Crippen molar-refractivity contribution < 1.29 is 24.2 Å². The first-order valence-electron chi connectivity index (χ1n) is 12.8. The van der Waals surface area contributed by atoms with Crippen LogP contribution in [-0.4, -0.2) is 71.7 Å². The Balaban J connectivity index is 0.00000153. The van der Waals surface area contributed by atoms with Gasteiger partial charge in [-0.05, 0) is 69.9 Å². The topological polar surface area (TPSA) is 90.4 Å². The van der Waals surface area contributed by atoms with Crippen molar-refractivity contribution in [2.75, 3.05) is 37.6 Å². The fourth-order valence-corrected chi connectivity index (χ4v) is 4.20. The lowest BCUT2D eigenvalue weighted by Gasteiger charge is -2.37. The Kier molecular flexibility index (Phi) is 11.0. The molecule has 202 valence electrons. The molecular formula is C29H41N3O5. The van der Waals surface area contributed by atoms with Gasteiger partial charge in [-0.2, -0.15) is 0 Å². The number of carbonyl (C=O) groups excluding carboxylic acids is 2. The molecule has 1 heterocycles. The Morgan fingerprint density at radius 1 is 1.03 bits per heavy atom. The van der Waals surface area contributed by atoms with Crippen LogP contribution in [-0.2, 0) is 16.1 Å². The van der Waals surface area contributed by atoms with Crippen molar-refractivity contribution in [3.8, 4) is 0 Å². The number of rotatable bonds is 6. The third kappa shape index (κ3) is 8.81. The van der Waals surface area contributed by atoms with Crippen LogP contribution < -0.4 is 4.90 Å². The van der Waals surface area contributed by atoms with E-state index in [-0.39, 0.29) is 18.5 Å². The second-order valence-corrected chi connectivity index (χ2v) is 10.2. The summed E-state index contributed by atoms with van der Waals surface area (Å²) in [4.78, 5) is 40.3. The molecule has 8 heteroatoms. The molecule has 0 aromatic heterocycles. The molecule has 1 N–H and O–H groups in total. The molecule has 37 heavy (non-hydrogen) atoms. The molecule has 2 amide bonds. The summed E-state index contributed by atoms with van der Waals surface area (Å²) >= 11 is 0. The molecule has 1 fully saturated rings. The summed E-state index contributed by atoms with van der Waals surface area (Å²) in [6.07, 6.45) is 0.640. The van der Waals surface area contributed by atoms with E-state index in [1.807, 2.05) is 56.9 Å². The Morgan fingerprint density at radius 3 is 2.22 bits per heavy atom. The minimum atomic E-state index is -0.497. The van der Waals surface area contributed by atoms with Crippen LogP contribution in [0.2, 0.25) is 0 Å². The van der Waals surface area contributed by atoms with Gasteiger partial charge in [0.15, 0.2) is 0 Å². The number of nitrogens with zero attached hydrogens (tertiary/aromatic N) is 3. The molecule has 1 saturated heterocycles. The molecule has 0 saturated carbocycles. The minimum absolute atomic E-state index is 0.0665. The van der Waals surface area contributed by atoms with Crippen molar-refractivity contribution in [2.24, 2.45) is 0 Å². The van der Waals surface area contributed by atoms with Crippen LogP contribution in [0.15, 0.2) is 42.5 Å². The van der Waals surface area contributed by atoms with E-state index in [0.29, 0.717) is 39.3 Å². The summed E-state index contributed by atoms with van der Waals surface area (Å²) in [6, 6.07) is 14.4. The van der Waals surface area contributed by atoms with E-state index in [1.165, 1.54) is 11.1 Å². The second kappa shape index (κ2) is 13.7. The van der Waals surface area contributed by atoms with Gasteiger partial charge in [0, 0.05) is 50.5 Å². The summed E-state index contributed by atoms with van der Waals surface area (Å²) in [7, 11) is 0. The van der Waals surface area contributed by atoms with Gasteiger partial charge < -0.3 is 24.5 Å². The van der Waals surface area contributed by atoms with E-state index in [4.69, 9.17) is 14.6 Å². The van der Waals surface area contributed by atoms with Crippen LogP contribution in [0, 0.1) is 13.8 Å². The molecule has 0 unspecified atom stereocenters. The number of piperazine rings is 1. The Hall–Kier alpha value is -3.55. The maximum atomic E-state index is 13.6. The average Bonchev–Trinajstić information content (AvgIpc) is 2.84. The first kappa shape index (κ1) is 29.7. The number of ether oxygens (including phenoxy) is 1. The van der Waals surface area contributed by atoms with E-state index in [0.717, 1.165) is 23.2 Å². The summed E-state index contributed by atoms with van der Waals surface area (Å²) < 4.78 is 5.51. The fraction of sp³-hybridized carbons (Fsp3) is 0.483. The molecule has 1 aliphatic heterocycles. The third-order valence-corrected chi connectivity index (χ3v) is 6.15. The predicted molar refractivity (Wildman–Crippen MR) is 146 cm³/mol. The maximum absolute atomic E-state index is 13.6. The Bertz CT molecular complexity index is 1060. The number of carbonyl (C=O) groups is 3. The molecule has 0 atom stereocenters. The number of benzene rings is 2. The number of aryl methyl sites for hydroxylation is 2. The van der Waals surface area contributed by atoms with Crippen LogP contribution in [0.25, 0.3) is 0 Å². The van der Waals surface area contributed by atoms with Crippen LogP contribution in [0.4, 0.5) is 10.5 Å². The van der Waals surface area contributed by atoms with Gasteiger partial charge in [-0.25, -0.2) is 4.79 Å². The normalized spacial score (nSPS) is 13.4. The highest BCUT2D eigenvalue weighted by Gasteiger charge is 2.27. The molecule has 0 bridgehead atoms. The van der Waals surface area contributed by atoms with Crippen LogP contribution in [0.5, 0.6) is 0 Å². The number of carboxylic acid groups (broad SMARTS) is 1. The van der Waals surface area contributed by atoms with Crippen LogP contribution in [0.1, 0.15) is 61.2 Å². The van der Waals surface area contributed by atoms with Crippen LogP contribution >= 0.6 is 0 Å². The highest BCUT2D eigenvalue weighted by molar-refractivity contribution is 5.96. The molecule has 2 aromatic rings. The van der Waals surface area contributed by atoms with Crippen molar-refractivity contribution >= 4 is 24.2 Å². The fourth-order valence-electron chi connectivity index (χ4n) is 4.20. The van der Waals surface area contributed by atoms with Gasteiger partial charge in [-0.1, -0.05) is 37.3 Å². The van der Waals surface area contributed by atoms with Gasteiger partial charge in [-0.3, -0.25) is 9.59 Å². The van der Waals surface area contributed by atoms with Gasteiger partial charge in [0.2, 0.25) is 0 Å². The first-order chi connectivity index (χ1) is 17.5. The highest BCUT2D eigenvalue weighted by Crippen LogP contribution is 2.24. The number of anilines is 1. The lowest BCUT2D eigenvalue weighted by atomic mass is 10.0. The molecule has 0 aliphatic carbocycles. The SMILES string of the molecule is CCCN(Cc1ccccc1C)C(=O)c1cc(N2CCN(C(=O)OC(C)(C)C)CC2)ccc1C.O=CO. The smallest absolute Gasteiger partial charge is 0.410 e. The van der Waals surface area contributed by atoms with Gasteiger partial charge in [0.1, 0.15) is 5.60 Å². The lowest BCUT2D eigenvalue weighted by Crippen LogP contribution is -2.50. The quantitative estimate of drug-likeness (QED) is 0.542. The summed E-state index contributed by atoms with van der Waals surface area (Å²) in [5, 5.41) is 6.89. The van der Waals surface area contributed by atoms with Crippen molar-refractivity contribution in [2.45, 2.75) is 60.1 Å². The van der Waals surface area contributed by atoms with E-state index >= 15 is 0 Å². The van der Waals surface area contributed by atoms with Crippen LogP contribution in [0.3, 0.4) is 0 Å². The molecule has 3 rings (SSSR count). The largest absolute Gasteiger partial charge is 0.483 e. The van der Waals surface area contributed by atoms with E-state index < -0.39 is 5.60 Å². The lowest BCUT2D eigenvalue weighted by molar-refractivity contribution is -0.122. The zero-order chi connectivity index (χ0) is 27.6. The Morgan fingerprint density at radius 2 is 1.65 bits per heavy atom. The van der Waals surface area contributed by atoms with E-state index in [9.17, 15) is 9.59 Å². The molecule has 1 aliphatic rings. The van der Waals surface area contributed by atoms with Gasteiger partial charge in [0.05, 0.1) is 0 Å². The van der Waals surface area contributed by atoms with Gasteiger partial charge in [0.25, 0.3) is 12.4 Å². The summed E-state index contributed by atoms with van der Waals surface area (Å²) in [6.45, 7) is 15.5. The highest BCUT2D eigenvalue weighted by atomic mass is 16.6. The zero-order valence-corrected chi connectivity index (χ0v) is 23.0. The zero-order valence-electron chi connectivity index (χ0n) is 23.0. The van der Waals surface area contributed by atoms with Crippen molar-refractivity contribution in [3.63, 3.8) is 0 Å². The Labute approximate surface area is 220 Å². The molecule has 8 nitrogen and oxygen atoms in total. The van der Waals surface area contributed by atoms with Crippen molar-refractivity contribution in [3.05, 3.63) is 64.7 Å². The average molecular weight is 512 g/mol. The number of amides is 2. The minimum Gasteiger partial charge on any atom is -0.483 e. The van der Waals surface area contributed by atoms with Gasteiger partial charge >= 0.3 is 6.09 Å². The molecule has 0 spiro atoms. The standard InChI is InChI=1S/C28H39N3O3.CH2O2/c1-7-14-31(20-23-11-9-8-10-21(23)2)26(32)25-19-24(13-12-22(25)3)29-15-17-30(18-16-29)27(33)34-28(4,5)6;2-1-3/h8-13,19H,7,14-18,20H2,1-6H3;1H,(H,2,3). The molecular weight excluding hydrogens is 470 g/mol. The maximum Gasteiger partial charge on any atom is 0.410 e. The third-order valence-electron chi connectivity index (χ3n) is 6.15. The van der Waals surface area contributed by atoms with Crippen molar-refractivity contribution in [1.29, 1.82) is 0 Å². The van der Waals surface area contributed by atoms with Gasteiger partial charge in [-0.15, -0.1) is 0 Å². The monoisotopic (exact) mass is 511 g/mol. The molecule has 0 radical (unpaired) electrons. The van der Waals surface area contributed by atoms with Crippen molar-refractivity contribution in [1.82, 2.24) is 9.80 Å². The summed E-state index contributed by atoms with van der Waals surface area (Å²) in [5.41, 5.74) is 4.62. The number of hydrogen-bond donors (Lipinski definition) is 1. The predicted octanol–water partition coefficient (Wildman–Crippen LogP) is 5.11.